The van der Waals surface area contributed by atoms with Crippen LogP contribution in [0.4, 0.5) is 0 Å². The molecule has 106 valence electrons. The Hall–Kier alpha value is -1.84. The van der Waals surface area contributed by atoms with Crippen molar-refractivity contribution in [2.75, 3.05) is 20.3 Å². The monoisotopic (exact) mass is 272 g/mol. The summed E-state index contributed by atoms with van der Waals surface area (Å²) in [6.07, 6.45) is 0.522. The molecule has 2 N–H and O–H groups in total. The lowest BCUT2D eigenvalue weighted by atomic mass is 9.76. The van der Waals surface area contributed by atoms with Gasteiger partial charge in [-0.05, 0) is 23.6 Å². The fourth-order valence-electron chi connectivity index (χ4n) is 2.45. The van der Waals surface area contributed by atoms with Gasteiger partial charge in [-0.3, -0.25) is 0 Å². The molecule has 2 rings (SSSR count). The van der Waals surface area contributed by atoms with Crippen molar-refractivity contribution in [1.82, 2.24) is 0 Å². The van der Waals surface area contributed by atoms with Crippen LogP contribution in [-0.4, -0.2) is 30.5 Å². The van der Waals surface area contributed by atoms with Crippen LogP contribution in [0.3, 0.4) is 0 Å². The van der Waals surface area contributed by atoms with Crippen LogP contribution in [0.25, 0.3) is 0 Å². The fraction of sp³-hybridized carbons (Fsp3) is 0.294. The van der Waals surface area contributed by atoms with Crippen LogP contribution in [0, 0.1) is 0 Å². The van der Waals surface area contributed by atoms with E-state index in [2.05, 4.69) is 0 Å². The van der Waals surface area contributed by atoms with E-state index in [-0.39, 0.29) is 13.2 Å². The molecule has 0 aliphatic rings. The SMILES string of the molecule is COc1ccccc1CC(CO)(CO)c1ccccc1. The number of methoxy groups -OCH3 is 1. The van der Waals surface area contributed by atoms with Crippen molar-refractivity contribution in [3.05, 3.63) is 65.7 Å². The van der Waals surface area contributed by atoms with Crippen LogP contribution in [0.15, 0.2) is 54.6 Å². The highest BCUT2D eigenvalue weighted by Gasteiger charge is 2.32. The van der Waals surface area contributed by atoms with E-state index in [9.17, 15) is 10.2 Å². The first-order valence-electron chi connectivity index (χ1n) is 6.65. The van der Waals surface area contributed by atoms with Gasteiger partial charge in [-0.15, -0.1) is 0 Å². The molecule has 0 saturated carbocycles. The van der Waals surface area contributed by atoms with E-state index in [4.69, 9.17) is 4.74 Å². The molecule has 3 nitrogen and oxygen atoms in total. The topological polar surface area (TPSA) is 49.7 Å². The van der Waals surface area contributed by atoms with Gasteiger partial charge < -0.3 is 14.9 Å². The van der Waals surface area contributed by atoms with Gasteiger partial charge in [-0.2, -0.15) is 0 Å². The van der Waals surface area contributed by atoms with Crippen LogP contribution in [-0.2, 0) is 11.8 Å². The molecule has 0 fully saturated rings. The molecule has 0 saturated heterocycles. The normalized spacial score (nSPS) is 11.3. The molecular weight excluding hydrogens is 252 g/mol. The van der Waals surface area contributed by atoms with Gasteiger partial charge in [-0.1, -0.05) is 48.5 Å². The Bertz CT molecular complexity index is 533. The zero-order valence-corrected chi connectivity index (χ0v) is 11.6. The summed E-state index contributed by atoms with van der Waals surface area (Å²) in [6, 6.07) is 17.3. The standard InChI is InChI=1S/C17H20O3/c1-20-16-10-6-5-7-14(16)11-17(12-18,13-19)15-8-3-2-4-9-15/h2-10,18-19H,11-13H2,1H3. The van der Waals surface area contributed by atoms with Crippen LogP contribution >= 0.6 is 0 Å². The predicted octanol–water partition coefficient (Wildman–Crippen LogP) is 2.16. The highest BCUT2D eigenvalue weighted by Crippen LogP contribution is 2.31. The lowest BCUT2D eigenvalue weighted by molar-refractivity contribution is 0.115. The molecule has 0 aliphatic heterocycles. The number of benzene rings is 2. The number of aliphatic hydroxyl groups excluding tert-OH is 2. The van der Waals surface area contributed by atoms with E-state index in [1.807, 2.05) is 54.6 Å². The molecule has 3 heteroatoms. The fourth-order valence-corrected chi connectivity index (χ4v) is 2.45. The van der Waals surface area contributed by atoms with Gasteiger partial charge in [0.1, 0.15) is 5.75 Å². The average Bonchev–Trinajstić information content (AvgIpc) is 2.54. The first kappa shape index (κ1) is 14.6. The number of aliphatic hydroxyl groups is 2. The third kappa shape index (κ3) is 2.84. The van der Waals surface area contributed by atoms with Crippen molar-refractivity contribution >= 4 is 0 Å². The second kappa shape index (κ2) is 6.55. The maximum absolute atomic E-state index is 9.85. The molecular formula is C17H20O3. The first-order chi connectivity index (χ1) is 9.75. The molecule has 20 heavy (non-hydrogen) atoms. The van der Waals surface area contributed by atoms with E-state index < -0.39 is 5.41 Å². The van der Waals surface area contributed by atoms with Gasteiger partial charge in [-0.25, -0.2) is 0 Å². The summed E-state index contributed by atoms with van der Waals surface area (Å²) in [5, 5.41) is 19.7. The largest absolute Gasteiger partial charge is 0.496 e. The first-order valence-corrected chi connectivity index (χ1v) is 6.65. The maximum Gasteiger partial charge on any atom is 0.122 e. The zero-order valence-electron chi connectivity index (χ0n) is 11.6. The molecule has 0 aliphatic carbocycles. The van der Waals surface area contributed by atoms with Crippen molar-refractivity contribution in [2.24, 2.45) is 0 Å². The summed E-state index contributed by atoms with van der Waals surface area (Å²) < 4.78 is 5.35. The quantitative estimate of drug-likeness (QED) is 0.847. The van der Waals surface area contributed by atoms with Crippen molar-refractivity contribution < 1.29 is 14.9 Å². The summed E-state index contributed by atoms with van der Waals surface area (Å²) in [5.41, 5.74) is 1.20. The lowest BCUT2D eigenvalue weighted by Gasteiger charge is -2.31. The Labute approximate surface area is 119 Å². The van der Waals surface area contributed by atoms with Crippen LogP contribution in [0.5, 0.6) is 5.75 Å². The maximum atomic E-state index is 9.85. The minimum absolute atomic E-state index is 0.119. The second-order valence-electron chi connectivity index (χ2n) is 4.95. The predicted molar refractivity (Wildman–Crippen MR) is 79.0 cm³/mol. The summed E-state index contributed by atoms with van der Waals surface area (Å²) >= 11 is 0. The van der Waals surface area contributed by atoms with Gasteiger partial charge in [0, 0.05) is 5.41 Å². The minimum Gasteiger partial charge on any atom is -0.496 e. The molecule has 2 aromatic rings. The van der Waals surface area contributed by atoms with Crippen molar-refractivity contribution in [1.29, 1.82) is 0 Å². The van der Waals surface area contributed by atoms with E-state index in [0.717, 1.165) is 16.9 Å². The molecule has 0 unspecified atom stereocenters. The summed E-state index contributed by atoms with van der Waals surface area (Å²) in [7, 11) is 1.63. The zero-order chi connectivity index (χ0) is 14.4. The van der Waals surface area contributed by atoms with Crippen LogP contribution in [0.2, 0.25) is 0 Å². The minimum atomic E-state index is -0.699. The Morgan fingerprint density at radius 3 is 2.10 bits per heavy atom. The van der Waals surface area contributed by atoms with Crippen LogP contribution in [0.1, 0.15) is 11.1 Å². The molecule has 0 amide bonds. The summed E-state index contributed by atoms with van der Waals surface area (Å²) in [4.78, 5) is 0. The molecule has 0 radical (unpaired) electrons. The van der Waals surface area contributed by atoms with Gasteiger partial charge in [0.2, 0.25) is 0 Å². The number of rotatable bonds is 6. The second-order valence-corrected chi connectivity index (χ2v) is 4.95. The van der Waals surface area contributed by atoms with Crippen molar-refractivity contribution in [3.8, 4) is 5.75 Å². The van der Waals surface area contributed by atoms with Gasteiger partial charge >= 0.3 is 0 Å². The summed E-state index contributed by atoms with van der Waals surface area (Å²) in [6.45, 7) is -0.239. The van der Waals surface area contributed by atoms with Gasteiger partial charge in [0.05, 0.1) is 20.3 Å². The van der Waals surface area contributed by atoms with Gasteiger partial charge in [0.15, 0.2) is 0 Å². The van der Waals surface area contributed by atoms with E-state index in [1.54, 1.807) is 7.11 Å². The molecule has 2 aromatic carbocycles. The third-order valence-electron chi connectivity index (χ3n) is 3.71. The lowest BCUT2D eigenvalue weighted by Crippen LogP contribution is -2.37. The molecule has 0 heterocycles. The Morgan fingerprint density at radius 1 is 0.900 bits per heavy atom. The van der Waals surface area contributed by atoms with Gasteiger partial charge in [0.25, 0.3) is 0 Å². The van der Waals surface area contributed by atoms with E-state index in [1.165, 1.54) is 0 Å². The Kier molecular flexibility index (Phi) is 4.77. The highest BCUT2D eigenvalue weighted by molar-refractivity contribution is 5.37. The number of hydrogen-bond acceptors (Lipinski definition) is 3. The number of hydrogen-bond donors (Lipinski definition) is 2. The Balaban J connectivity index is 2.39. The number of para-hydroxylation sites is 1. The smallest absolute Gasteiger partial charge is 0.122 e. The van der Waals surface area contributed by atoms with Crippen molar-refractivity contribution in [3.63, 3.8) is 0 Å². The Morgan fingerprint density at radius 2 is 1.50 bits per heavy atom. The number of ether oxygens (including phenoxy) is 1. The average molecular weight is 272 g/mol. The van der Waals surface area contributed by atoms with Crippen molar-refractivity contribution in [2.45, 2.75) is 11.8 Å². The molecule has 0 atom stereocenters. The molecule has 0 bridgehead atoms. The van der Waals surface area contributed by atoms with E-state index >= 15 is 0 Å². The van der Waals surface area contributed by atoms with Crippen LogP contribution < -0.4 is 4.74 Å². The third-order valence-corrected chi connectivity index (χ3v) is 3.71. The van der Waals surface area contributed by atoms with E-state index in [0.29, 0.717) is 6.42 Å². The summed E-state index contributed by atoms with van der Waals surface area (Å²) in [5.74, 6) is 0.773. The molecule has 0 spiro atoms. The molecule has 0 aromatic heterocycles. The highest BCUT2D eigenvalue weighted by atomic mass is 16.5.